The predicted molar refractivity (Wildman–Crippen MR) is 86.4 cm³/mol. The van der Waals surface area contributed by atoms with E-state index in [1.165, 1.54) is 35.7 Å². The third-order valence-electron chi connectivity index (χ3n) is 4.96. The van der Waals surface area contributed by atoms with Crippen LogP contribution in [0.2, 0.25) is 0 Å². The second-order valence-electron chi connectivity index (χ2n) is 6.34. The molecular weight excluding hydrogens is 258 g/mol. The maximum Gasteiger partial charge on any atom is 0.0991 e. The van der Waals surface area contributed by atoms with Crippen molar-refractivity contribution in [3.63, 3.8) is 0 Å². The number of nitrogens with zero attached hydrogens (tertiary/aromatic N) is 3. The highest BCUT2D eigenvalue weighted by Gasteiger charge is 2.29. The molecule has 0 saturated heterocycles. The maximum atomic E-state index is 9.17. The van der Waals surface area contributed by atoms with Crippen molar-refractivity contribution >= 4 is 10.9 Å². The second kappa shape index (κ2) is 5.54. The quantitative estimate of drug-likeness (QED) is 0.858. The van der Waals surface area contributed by atoms with Crippen LogP contribution >= 0.6 is 0 Å². The molecule has 3 rings (SSSR count). The summed E-state index contributed by atoms with van der Waals surface area (Å²) in [6.45, 7) is 3.16. The lowest BCUT2D eigenvalue weighted by Crippen LogP contribution is -2.24. The van der Waals surface area contributed by atoms with Gasteiger partial charge in [0.2, 0.25) is 0 Å². The van der Waals surface area contributed by atoms with Crippen LogP contribution in [0.4, 0.5) is 0 Å². The molecule has 1 aliphatic rings. The number of benzene rings is 1. The number of aromatic nitrogens is 1. The molecule has 0 N–H and O–H groups in total. The summed E-state index contributed by atoms with van der Waals surface area (Å²) in [4.78, 5) is 2.35. The molecule has 3 nitrogen and oxygen atoms in total. The van der Waals surface area contributed by atoms with Gasteiger partial charge in [0.05, 0.1) is 11.6 Å². The zero-order valence-electron chi connectivity index (χ0n) is 13.1. The third-order valence-corrected chi connectivity index (χ3v) is 4.96. The largest absolute Gasteiger partial charge is 0.347 e. The van der Waals surface area contributed by atoms with E-state index >= 15 is 0 Å². The average molecular weight is 281 g/mol. The molecular formula is C18H23N3. The van der Waals surface area contributed by atoms with Crippen molar-refractivity contribution in [2.75, 3.05) is 14.1 Å². The summed E-state index contributed by atoms with van der Waals surface area (Å²) in [5, 5.41) is 10.4. The van der Waals surface area contributed by atoms with Crippen molar-refractivity contribution in [2.24, 2.45) is 0 Å². The molecule has 0 amide bonds. The Bertz CT molecular complexity index is 690. The third kappa shape index (κ3) is 2.45. The first kappa shape index (κ1) is 14.2. The van der Waals surface area contributed by atoms with Gasteiger partial charge >= 0.3 is 0 Å². The Kier molecular flexibility index (Phi) is 3.73. The van der Waals surface area contributed by atoms with Gasteiger partial charge in [0.1, 0.15) is 0 Å². The number of fused-ring (bicyclic) bond motifs is 1. The molecule has 2 unspecified atom stereocenters. The van der Waals surface area contributed by atoms with Gasteiger partial charge in [0.15, 0.2) is 0 Å². The lowest BCUT2D eigenvalue weighted by Gasteiger charge is -2.18. The van der Waals surface area contributed by atoms with Gasteiger partial charge in [0.25, 0.3) is 0 Å². The molecule has 0 spiro atoms. The Hall–Kier alpha value is -1.79. The minimum atomic E-state index is 0.627. The van der Waals surface area contributed by atoms with Crippen LogP contribution < -0.4 is 0 Å². The van der Waals surface area contributed by atoms with Crippen LogP contribution in [0.1, 0.15) is 43.2 Å². The van der Waals surface area contributed by atoms with Gasteiger partial charge in [-0.2, -0.15) is 5.26 Å². The first-order valence-electron chi connectivity index (χ1n) is 7.83. The summed E-state index contributed by atoms with van der Waals surface area (Å²) in [5.41, 5.74) is 3.47. The molecule has 110 valence electrons. The van der Waals surface area contributed by atoms with E-state index < -0.39 is 0 Å². The maximum absolute atomic E-state index is 9.17. The van der Waals surface area contributed by atoms with Crippen molar-refractivity contribution in [3.8, 4) is 6.07 Å². The first-order chi connectivity index (χ1) is 10.1. The van der Waals surface area contributed by atoms with Crippen molar-refractivity contribution in [2.45, 2.75) is 44.7 Å². The Morgan fingerprint density at radius 1 is 1.33 bits per heavy atom. The van der Waals surface area contributed by atoms with Gasteiger partial charge in [-0.15, -0.1) is 0 Å². The highest BCUT2D eigenvalue weighted by molar-refractivity contribution is 5.86. The lowest BCUT2D eigenvalue weighted by atomic mass is 9.96. The minimum absolute atomic E-state index is 0.627. The smallest absolute Gasteiger partial charge is 0.0991 e. The minimum Gasteiger partial charge on any atom is -0.347 e. The van der Waals surface area contributed by atoms with Crippen LogP contribution in [0, 0.1) is 11.3 Å². The molecule has 1 aromatic heterocycles. The number of rotatable bonds is 3. The van der Waals surface area contributed by atoms with Gasteiger partial charge < -0.3 is 9.47 Å². The van der Waals surface area contributed by atoms with E-state index in [0.717, 1.165) is 12.1 Å². The van der Waals surface area contributed by atoms with E-state index in [4.69, 9.17) is 5.26 Å². The van der Waals surface area contributed by atoms with Gasteiger partial charge in [-0.25, -0.2) is 0 Å². The average Bonchev–Trinajstić information content (AvgIpc) is 3.10. The summed E-state index contributed by atoms with van der Waals surface area (Å²) >= 11 is 0. The molecule has 1 saturated carbocycles. The monoisotopic (exact) mass is 281 g/mol. The van der Waals surface area contributed by atoms with E-state index in [-0.39, 0.29) is 0 Å². The molecule has 1 aliphatic carbocycles. The summed E-state index contributed by atoms with van der Waals surface area (Å²) < 4.78 is 2.31. The second-order valence-corrected chi connectivity index (χ2v) is 6.34. The fraction of sp³-hybridized carbons (Fsp3) is 0.500. The summed E-state index contributed by atoms with van der Waals surface area (Å²) in [5.74, 6) is 0.627. The molecule has 2 aromatic rings. The Labute approximate surface area is 126 Å². The summed E-state index contributed by atoms with van der Waals surface area (Å²) in [6.07, 6.45) is 6.07. The number of hydrogen-bond donors (Lipinski definition) is 0. The van der Waals surface area contributed by atoms with Gasteiger partial charge in [-0.3, -0.25) is 0 Å². The van der Waals surface area contributed by atoms with E-state index in [2.05, 4.69) is 54.9 Å². The van der Waals surface area contributed by atoms with Crippen LogP contribution in [0.5, 0.6) is 0 Å². The zero-order valence-corrected chi connectivity index (χ0v) is 13.1. The molecule has 0 aliphatic heterocycles. The molecule has 21 heavy (non-hydrogen) atoms. The number of nitriles is 1. The van der Waals surface area contributed by atoms with Crippen LogP contribution in [-0.2, 0) is 6.54 Å². The zero-order chi connectivity index (χ0) is 15.0. The van der Waals surface area contributed by atoms with Crippen molar-refractivity contribution in [1.29, 1.82) is 5.26 Å². The molecule has 2 atom stereocenters. The van der Waals surface area contributed by atoms with E-state index in [1.54, 1.807) is 0 Å². The fourth-order valence-corrected chi connectivity index (χ4v) is 3.69. The first-order valence-corrected chi connectivity index (χ1v) is 7.83. The van der Waals surface area contributed by atoms with E-state index in [9.17, 15) is 0 Å². The molecule has 1 fully saturated rings. The van der Waals surface area contributed by atoms with Crippen molar-refractivity contribution in [3.05, 3.63) is 35.5 Å². The highest BCUT2D eigenvalue weighted by atomic mass is 15.1. The van der Waals surface area contributed by atoms with Crippen LogP contribution in [0.3, 0.4) is 0 Å². The SMILES string of the molecule is CCn1cc(C2CCC(N(C)C)C2)c2cc(C#N)ccc21. The molecule has 0 bridgehead atoms. The van der Waals surface area contributed by atoms with E-state index in [1.807, 2.05) is 6.07 Å². The van der Waals surface area contributed by atoms with Gasteiger partial charge in [-0.05, 0) is 70.0 Å². The van der Waals surface area contributed by atoms with Gasteiger partial charge in [0, 0.05) is 29.7 Å². The summed E-state index contributed by atoms with van der Waals surface area (Å²) in [7, 11) is 4.35. The lowest BCUT2D eigenvalue weighted by molar-refractivity contribution is 0.297. The number of aryl methyl sites for hydroxylation is 1. The molecule has 0 radical (unpaired) electrons. The van der Waals surface area contributed by atoms with Crippen molar-refractivity contribution in [1.82, 2.24) is 9.47 Å². The topological polar surface area (TPSA) is 32.0 Å². The van der Waals surface area contributed by atoms with Crippen molar-refractivity contribution < 1.29 is 0 Å². The predicted octanol–water partition coefficient (Wildman–Crippen LogP) is 3.73. The molecule has 1 aromatic carbocycles. The summed E-state index contributed by atoms with van der Waals surface area (Å²) in [6, 6.07) is 9.05. The van der Waals surface area contributed by atoms with Crippen LogP contribution in [-0.4, -0.2) is 29.6 Å². The Balaban J connectivity index is 2.04. The number of hydrogen-bond acceptors (Lipinski definition) is 2. The fourth-order valence-electron chi connectivity index (χ4n) is 3.69. The molecule has 1 heterocycles. The van der Waals surface area contributed by atoms with Gasteiger partial charge in [-0.1, -0.05) is 0 Å². The standard InChI is InChI=1S/C18H23N3/c1-4-21-12-17(14-6-7-15(10-14)20(2)3)16-9-13(11-19)5-8-18(16)21/h5,8-9,12,14-15H,4,6-7,10H2,1-3H3. The normalized spacial score (nSPS) is 22.0. The Morgan fingerprint density at radius 3 is 2.76 bits per heavy atom. The Morgan fingerprint density at radius 2 is 2.14 bits per heavy atom. The van der Waals surface area contributed by atoms with Crippen LogP contribution in [0.25, 0.3) is 10.9 Å². The van der Waals surface area contributed by atoms with Crippen LogP contribution in [0.15, 0.2) is 24.4 Å². The molecule has 3 heteroatoms. The highest BCUT2D eigenvalue weighted by Crippen LogP contribution is 2.40. The van der Waals surface area contributed by atoms with E-state index in [0.29, 0.717) is 12.0 Å².